The molecule has 1 aliphatic rings. The second kappa shape index (κ2) is 13.9. The molecule has 36 heavy (non-hydrogen) atoms. The Bertz CT molecular complexity index is 1000. The van der Waals surface area contributed by atoms with Crippen LogP contribution in [0.1, 0.15) is 32.3 Å². The molecule has 10 heteroatoms. The van der Waals surface area contributed by atoms with Gasteiger partial charge >= 0.3 is 12.2 Å². The van der Waals surface area contributed by atoms with E-state index >= 15 is 0 Å². The fourth-order valence-corrected chi connectivity index (χ4v) is 4.02. The number of hydrogen-bond acceptors (Lipinski definition) is 8. The number of ether oxygens (including phenoxy) is 3. The molecular weight excluding hydrogens is 462 g/mol. The van der Waals surface area contributed by atoms with Gasteiger partial charge in [-0.2, -0.15) is 5.26 Å². The molecule has 1 aromatic carbocycles. The van der Waals surface area contributed by atoms with Gasteiger partial charge in [0.05, 0.1) is 24.6 Å². The molecule has 2 aromatic rings. The van der Waals surface area contributed by atoms with Crippen LogP contribution in [0.2, 0.25) is 0 Å². The van der Waals surface area contributed by atoms with Gasteiger partial charge in [-0.25, -0.2) is 14.6 Å². The largest absolute Gasteiger partial charge is 0.476 e. The van der Waals surface area contributed by atoms with E-state index in [1.165, 1.54) is 6.20 Å². The lowest BCUT2D eigenvalue weighted by atomic mass is 10.1. The van der Waals surface area contributed by atoms with Crippen LogP contribution in [-0.2, 0) is 16.1 Å². The van der Waals surface area contributed by atoms with E-state index in [-0.39, 0.29) is 31.4 Å². The lowest BCUT2D eigenvalue weighted by molar-refractivity contribution is 0.0191. The van der Waals surface area contributed by atoms with Crippen molar-refractivity contribution in [2.24, 2.45) is 0 Å². The van der Waals surface area contributed by atoms with Crippen molar-refractivity contribution in [1.82, 2.24) is 14.8 Å². The van der Waals surface area contributed by atoms with Crippen LogP contribution in [0.3, 0.4) is 0 Å². The highest BCUT2D eigenvalue weighted by atomic mass is 16.6. The van der Waals surface area contributed by atoms with E-state index in [1.807, 2.05) is 36.4 Å². The smallest absolute Gasteiger partial charge is 0.411 e. The van der Waals surface area contributed by atoms with Gasteiger partial charge < -0.3 is 19.1 Å². The van der Waals surface area contributed by atoms with Crippen LogP contribution in [0, 0.1) is 11.3 Å². The lowest BCUT2D eigenvalue weighted by Gasteiger charge is -2.43. The number of pyridine rings is 1. The zero-order valence-corrected chi connectivity index (χ0v) is 20.8. The van der Waals surface area contributed by atoms with Crippen molar-refractivity contribution in [2.75, 3.05) is 38.2 Å². The van der Waals surface area contributed by atoms with Crippen molar-refractivity contribution < 1.29 is 23.8 Å². The zero-order valence-electron chi connectivity index (χ0n) is 20.8. The van der Waals surface area contributed by atoms with Crippen molar-refractivity contribution >= 4 is 17.9 Å². The molecule has 1 N–H and O–H groups in total. The summed E-state index contributed by atoms with van der Waals surface area (Å²) in [5.41, 5.74) is 1.46. The van der Waals surface area contributed by atoms with Crippen LogP contribution in [0.4, 0.5) is 15.3 Å². The van der Waals surface area contributed by atoms with Crippen LogP contribution in [0.5, 0.6) is 5.88 Å². The molecule has 10 nitrogen and oxygen atoms in total. The zero-order chi connectivity index (χ0) is 25.8. The first-order chi connectivity index (χ1) is 17.5. The number of carbonyl (C=O) groups is 2. The van der Waals surface area contributed by atoms with E-state index in [0.29, 0.717) is 50.7 Å². The van der Waals surface area contributed by atoms with Crippen molar-refractivity contribution in [1.29, 1.82) is 5.26 Å². The van der Waals surface area contributed by atoms with Crippen LogP contribution in [0.15, 0.2) is 48.7 Å². The number of hydrogen-bond donors (Lipinski definition) is 1. The molecule has 0 bridgehead atoms. The van der Waals surface area contributed by atoms with Gasteiger partial charge in [0.15, 0.2) is 0 Å². The highest BCUT2D eigenvalue weighted by molar-refractivity contribution is 5.84. The summed E-state index contributed by atoms with van der Waals surface area (Å²) in [6.07, 6.45) is 1.46. The molecule has 192 valence electrons. The first-order valence-electron chi connectivity index (χ1n) is 12.1. The SMILES string of the molecule is C[C@@H]1CN(C(=O)OCc2ccccc2)C[C@H](C)N1CCOc1ccc(NC(=O)OCCCC#N)cn1. The number of benzene rings is 1. The molecule has 2 atom stereocenters. The predicted octanol–water partition coefficient (Wildman–Crippen LogP) is 4.04. The van der Waals surface area contributed by atoms with E-state index in [1.54, 1.807) is 17.0 Å². The summed E-state index contributed by atoms with van der Waals surface area (Å²) in [4.78, 5) is 32.6. The second-order valence-corrected chi connectivity index (χ2v) is 8.64. The van der Waals surface area contributed by atoms with Gasteiger partial charge in [0, 0.05) is 44.2 Å². The van der Waals surface area contributed by atoms with Gasteiger partial charge in [0.2, 0.25) is 5.88 Å². The Morgan fingerprint density at radius 2 is 1.83 bits per heavy atom. The number of nitrogens with one attached hydrogen (secondary N) is 1. The molecule has 2 heterocycles. The van der Waals surface area contributed by atoms with Crippen LogP contribution < -0.4 is 10.1 Å². The minimum absolute atomic E-state index is 0.153. The highest BCUT2D eigenvalue weighted by Gasteiger charge is 2.32. The van der Waals surface area contributed by atoms with Crippen molar-refractivity contribution in [3.8, 4) is 11.9 Å². The summed E-state index contributed by atoms with van der Waals surface area (Å²) in [6.45, 7) is 6.93. The van der Waals surface area contributed by atoms with Gasteiger partial charge in [-0.05, 0) is 31.9 Å². The van der Waals surface area contributed by atoms with Crippen LogP contribution in [0.25, 0.3) is 0 Å². The quantitative estimate of drug-likeness (QED) is 0.491. The Balaban J connectivity index is 1.37. The number of rotatable bonds is 10. The average Bonchev–Trinajstić information content (AvgIpc) is 2.88. The fraction of sp³-hybridized carbons (Fsp3) is 0.462. The summed E-state index contributed by atoms with van der Waals surface area (Å²) in [6, 6.07) is 15.3. The van der Waals surface area contributed by atoms with E-state index in [0.717, 1.165) is 5.56 Å². The van der Waals surface area contributed by atoms with Gasteiger partial charge in [-0.3, -0.25) is 10.2 Å². The van der Waals surface area contributed by atoms with E-state index < -0.39 is 6.09 Å². The van der Waals surface area contributed by atoms with E-state index in [4.69, 9.17) is 19.5 Å². The normalized spacial score (nSPS) is 17.6. The highest BCUT2D eigenvalue weighted by Crippen LogP contribution is 2.18. The van der Waals surface area contributed by atoms with Crippen LogP contribution >= 0.6 is 0 Å². The molecular formula is C26H33N5O5. The number of unbranched alkanes of at least 4 members (excludes halogenated alkanes) is 1. The Kier molecular flexibility index (Phi) is 10.3. The first-order valence-corrected chi connectivity index (χ1v) is 12.1. The molecule has 1 aromatic heterocycles. The second-order valence-electron chi connectivity index (χ2n) is 8.64. The molecule has 1 fully saturated rings. The molecule has 0 aliphatic carbocycles. The Labute approximate surface area is 211 Å². The van der Waals surface area contributed by atoms with E-state index in [2.05, 4.69) is 29.0 Å². The van der Waals surface area contributed by atoms with Gasteiger partial charge in [-0.1, -0.05) is 30.3 Å². The number of amides is 2. The van der Waals surface area contributed by atoms with Gasteiger partial charge in [0.1, 0.15) is 13.2 Å². The molecule has 0 unspecified atom stereocenters. The summed E-state index contributed by atoms with van der Waals surface area (Å²) in [5.74, 6) is 0.450. The number of piperazine rings is 1. The fourth-order valence-electron chi connectivity index (χ4n) is 4.02. The molecule has 1 aliphatic heterocycles. The number of nitrogens with zero attached hydrogens (tertiary/aromatic N) is 4. The Morgan fingerprint density at radius 1 is 1.08 bits per heavy atom. The third-order valence-electron chi connectivity index (χ3n) is 5.81. The van der Waals surface area contributed by atoms with Gasteiger partial charge in [-0.15, -0.1) is 0 Å². The third kappa shape index (κ3) is 8.43. The molecule has 3 rings (SSSR count). The third-order valence-corrected chi connectivity index (χ3v) is 5.81. The molecule has 0 radical (unpaired) electrons. The van der Waals surface area contributed by atoms with Crippen molar-refractivity contribution in [3.63, 3.8) is 0 Å². The summed E-state index contributed by atoms with van der Waals surface area (Å²) < 4.78 is 16.3. The minimum Gasteiger partial charge on any atom is -0.476 e. The molecule has 2 amide bonds. The summed E-state index contributed by atoms with van der Waals surface area (Å²) in [5, 5.41) is 11.1. The van der Waals surface area contributed by atoms with Gasteiger partial charge in [0.25, 0.3) is 0 Å². The maximum absolute atomic E-state index is 12.5. The summed E-state index contributed by atoms with van der Waals surface area (Å²) in [7, 11) is 0. The minimum atomic E-state index is -0.588. The molecule has 1 saturated heterocycles. The topological polar surface area (TPSA) is 117 Å². The first kappa shape index (κ1) is 26.8. The number of nitriles is 1. The standard InChI is InChI=1S/C26H33N5O5/c1-20-17-30(26(33)36-19-22-8-4-3-5-9-22)18-21(2)31(20)13-15-34-24-11-10-23(16-28-24)29-25(32)35-14-7-6-12-27/h3-5,8-11,16,20-21H,6-7,13-15,17-19H2,1-2H3,(H,29,32)/t20-,21+. The number of anilines is 1. The predicted molar refractivity (Wildman–Crippen MR) is 133 cm³/mol. The maximum atomic E-state index is 12.5. The van der Waals surface area contributed by atoms with E-state index in [9.17, 15) is 9.59 Å². The molecule has 0 saturated carbocycles. The van der Waals surface area contributed by atoms with Crippen LogP contribution in [-0.4, -0.2) is 71.9 Å². The number of aromatic nitrogens is 1. The number of carbonyl (C=O) groups excluding carboxylic acids is 2. The summed E-state index contributed by atoms with van der Waals surface area (Å²) >= 11 is 0. The lowest BCUT2D eigenvalue weighted by Crippen LogP contribution is -2.58. The molecule has 0 spiro atoms. The average molecular weight is 496 g/mol. The Morgan fingerprint density at radius 3 is 2.50 bits per heavy atom. The van der Waals surface area contributed by atoms with Crippen molar-refractivity contribution in [3.05, 3.63) is 54.2 Å². The monoisotopic (exact) mass is 495 g/mol. The maximum Gasteiger partial charge on any atom is 0.411 e. The Hall–Kier alpha value is -3.84. The van der Waals surface area contributed by atoms with Crippen molar-refractivity contribution in [2.45, 2.75) is 45.4 Å².